The lowest BCUT2D eigenvalue weighted by atomic mass is 10.0. The summed E-state index contributed by atoms with van der Waals surface area (Å²) in [5.41, 5.74) is 2.58. The van der Waals surface area contributed by atoms with Crippen LogP contribution in [0.2, 0.25) is 0 Å². The van der Waals surface area contributed by atoms with Crippen molar-refractivity contribution in [1.29, 1.82) is 0 Å². The van der Waals surface area contributed by atoms with Gasteiger partial charge in [-0.15, -0.1) is 0 Å². The Morgan fingerprint density at radius 2 is 1.80 bits per heavy atom. The highest BCUT2D eigenvalue weighted by molar-refractivity contribution is 5.30. The molecular formula is C20H27N5. The van der Waals surface area contributed by atoms with Crippen molar-refractivity contribution in [2.45, 2.75) is 38.6 Å². The Bertz CT molecular complexity index is 652. The van der Waals surface area contributed by atoms with Gasteiger partial charge in [0.2, 0.25) is 5.95 Å². The summed E-state index contributed by atoms with van der Waals surface area (Å²) in [7, 11) is 0. The molecule has 0 spiro atoms. The summed E-state index contributed by atoms with van der Waals surface area (Å²) in [5.74, 6) is 1.64. The summed E-state index contributed by atoms with van der Waals surface area (Å²) in [6.45, 7) is 5.48. The second-order valence-electron chi connectivity index (χ2n) is 7.39. The van der Waals surface area contributed by atoms with Crippen LogP contribution in [0.15, 0.2) is 36.9 Å². The molecule has 25 heavy (non-hydrogen) atoms. The Morgan fingerprint density at radius 3 is 2.56 bits per heavy atom. The Kier molecular flexibility index (Phi) is 5.21. The maximum atomic E-state index is 4.61. The van der Waals surface area contributed by atoms with E-state index in [0.29, 0.717) is 0 Å². The van der Waals surface area contributed by atoms with E-state index in [1.807, 2.05) is 30.9 Å². The fourth-order valence-electron chi connectivity index (χ4n) is 4.02. The molecule has 4 heterocycles. The number of piperidine rings is 1. The van der Waals surface area contributed by atoms with Gasteiger partial charge in [0, 0.05) is 56.5 Å². The zero-order valence-corrected chi connectivity index (χ0v) is 14.8. The SMILES string of the molecule is c1cncc(CC2CCN(Cc3cnc(N4CCCCC4)nc3)C2)c1. The minimum atomic E-state index is 0.734. The van der Waals surface area contributed by atoms with E-state index in [-0.39, 0.29) is 0 Å². The highest BCUT2D eigenvalue weighted by atomic mass is 15.2. The number of aromatic nitrogens is 3. The van der Waals surface area contributed by atoms with Crippen LogP contribution in [0.3, 0.4) is 0 Å². The Morgan fingerprint density at radius 1 is 0.960 bits per heavy atom. The monoisotopic (exact) mass is 337 g/mol. The van der Waals surface area contributed by atoms with Crippen molar-refractivity contribution in [3.8, 4) is 0 Å². The zero-order chi connectivity index (χ0) is 16.9. The van der Waals surface area contributed by atoms with Gasteiger partial charge in [-0.2, -0.15) is 0 Å². The Hall–Kier alpha value is -2.01. The van der Waals surface area contributed by atoms with Crippen molar-refractivity contribution in [2.75, 3.05) is 31.1 Å². The smallest absolute Gasteiger partial charge is 0.225 e. The molecule has 5 nitrogen and oxygen atoms in total. The molecule has 2 aliphatic rings. The lowest BCUT2D eigenvalue weighted by molar-refractivity contribution is 0.315. The van der Waals surface area contributed by atoms with Crippen molar-refractivity contribution < 1.29 is 0 Å². The lowest BCUT2D eigenvalue weighted by Gasteiger charge is -2.26. The van der Waals surface area contributed by atoms with Crippen LogP contribution in [0, 0.1) is 5.92 Å². The summed E-state index contributed by atoms with van der Waals surface area (Å²) in [5, 5.41) is 0. The minimum absolute atomic E-state index is 0.734. The van der Waals surface area contributed by atoms with Gasteiger partial charge >= 0.3 is 0 Å². The van der Waals surface area contributed by atoms with Crippen LogP contribution < -0.4 is 4.90 Å². The van der Waals surface area contributed by atoms with Gasteiger partial charge in [0.1, 0.15) is 0 Å². The number of pyridine rings is 1. The van der Waals surface area contributed by atoms with Crippen LogP contribution in [0.5, 0.6) is 0 Å². The zero-order valence-electron chi connectivity index (χ0n) is 14.8. The molecule has 2 aromatic heterocycles. The van der Waals surface area contributed by atoms with Crippen molar-refractivity contribution in [2.24, 2.45) is 5.92 Å². The lowest BCUT2D eigenvalue weighted by Crippen LogP contribution is -2.31. The molecule has 1 atom stereocenters. The first-order valence-corrected chi connectivity index (χ1v) is 9.54. The van der Waals surface area contributed by atoms with Crippen molar-refractivity contribution in [3.05, 3.63) is 48.0 Å². The van der Waals surface area contributed by atoms with Crippen molar-refractivity contribution in [1.82, 2.24) is 19.9 Å². The van der Waals surface area contributed by atoms with E-state index >= 15 is 0 Å². The molecule has 2 fully saturated rings. The van der Waals surface area contributed by atoms with Gasteiger partial charge in [-0.25, -0.2) is 9.97 Å². The number of hydrogen-bond donors (Lipinski definition) is 0. The number of rotatable bonds is 5. The summed E-state index contributed by atoms with van der Waals surface area (Å²) >= 11 is 0. The van der Waals surface area contributed by atoms with Gasteiger partial charge in [-0.1, -0.05) is 6.07 Å². The summed E-state index contributed by atoms with van der Waals surface area (Å²) in [6, 6.07) is 4.21. The molecule has 0 aliphatic carbocycles. The highest BCUT2D eigenvalue weighted by Crippen LogP contribution is 2.22. The fourth-order valence-corrected chi connectivity index (χ4v) is 4.02. The second-order valence-corrected chi connectivity index (χ2v) is 7.39. The van der Waals surface area contributed by atoms with E-state index in [2.05, 4.69) is 30.8 Å². The first-order valence-electron chi connectivity index (χ1n) is 9.54. The maximum absolute atomic E-state index is 4.61. The van der Waals surface area contributed by atoms with Crippen molar-refractivity contribution >= 4 is 5.95 Å². The molecule has 2 saturated heterocycles. The summed E-state index contributed by atoms with van der Waals surface area (Å²) < 4.78 is 0. The van der Waals surface area contributed by atoms with Gasteiger partial charge in [0.05, 0.1) is 0 Å². The molecule has 2 aromatic rings. The molecule has 132 valence electrons. The molecule has 1 unspecified atom stereocenters. The van der Waals surface area contributed by atoms with E-state index in [1.165, 1.54) is 43.4 Å². The molecule has 0 amide bonds. The first kappa shape index (κ1) is 16.5. The van der Waals surface area contributed by atoms with Gasteiger partial charge < -0.3 is 4.90 Å². The average Bonchev–Trinajstić information content (AvgIpc) is 3.11. The highest BCUT2D eigenvalue weighted by Gasteiger charge is 2.23. The molecule has 0 aromatic carbocycles. The summed E-state index contributed by atoms with van der Waals surface area (Å²) in [4.78, 5) is 18.3. The standard InChI is InChI=1S/C20H27N5/c1-2-8-25(9-3-1)20-22-13-19(14-23-20)16-24-10-6-18(15-24)11-17-5-4-7-21-12-17/h4-5,7,12-14,18H,1-3,6,8-11,15-16H2. The van der Waals surface area contributed by atoms with Crippen molar-refractivity contribution in [3.63, 3.8) is 0 Å². The Labute approximate surface area is 150 Å². The van der Waals surface area contributed by atoms with Crippen LogP contribution in [0.25, 0.3) is 0 Å². The minimum Gasteiger partial charge on any atom is -0.341 e. The third-order valence-corrected chi connectivity index (χ3v) is 5.35. The molecule has 0 saturated carbocycles. The quantitative estimate of drug-likeness (QED) is 0.839. The fraction of sp³-hybridized carbons (Fsp3) is 0.550. The first-order chi connectivity index (χ1) is 12.4. The Balaban J connectivity index is 1.29. The van der Waals surface area contributed by atoms with E-state index in [4.69, 9.17) is 0 Å². The molecule has 2 aliphatic heterocycles. The second kappa shape index (κ2) is 7.91. The normalized spacial score (nSPS) is 21.6. The van der Waals surface area contributed by atoms with Crippen LogP contribution in [-0.4, -0.2) is 46.0 Å². The van der Waals surface area contributed by atoms with Crippen LogP contribution >= 0.6 is 0 Å². The molecule has 0 radical (unpaired) electrons. The third kappa shape index (κ3) is 4.34. The number of nitrogens with zero attached hydrogens (tertiary/aromatic N) is 5. The van der Waals surface area contributed by atoms with E-state index in [9.17, 15) is 0 Å². The van der Waals surface area contributed by atoms with Gasteiger partial charge in [0.15, 0.2) is 0 Å². The molecule has 4 rings (SSSR count). The number of likely N-dealkylation sites (tertiary alicyclic amines) is 1. The predicted octanol–water partition coefficient (Wildman–Crippen LogP) is 2.93. The number of hydrogen-bond acceptors (Lipinski definition) is 5. The van der Waals surface area contributed by atoms with E-state index < -0.39 is 0 Å². The largest absolute Gasteiger partial charge is 0.341 e. The van der Waals surface area contributed by atoms with Gasteiger partial charge in [0.25, 0.3) is 0 Å². The van der Waals surface area contributed by atoms with Gasteiger partial charge in [-0.3, -0.25) is 9.88 Å². The topological polar surface area (TPSA) is 45.2 Å². The van der Waals surface area contributed by atoms with E-state index in [0.717, 1.165) is 44.5 Å². The average molecular weight is 337 g/mol. The van der Waals surface area contributed by atoms with Crippen LogP contribution in [-0.2, 0) is 13.0 Å². The maximum Gasteiger partial charge on any atom is 0.225 e. The van der Waals surface area contributed by atoms with Crippen LogP contribution in [0.4, 0.5) is 5.95 Å². The molecule has 5 heteroatoms. The molecule has 0 bridgehead atoms. The third-order valence-electron chi connectivity index (χ3n) is 5.35. The van der Waals surface area contributed by atoms with Gasteiger partial charge in [-0.05, 0) is 56.2 Å². The van der Waals surface area contributed by atoms with Crippen LogP contribution in [0.1, 0.15) is 36.8 Å². The van der Waals surface area contributed by atoms with E-state index in [1.54, 1.807) is 0 Å². The predicted molar refractivity (Wildman–Crippen MR) is 99.4 cm³/mol. The number of anilines is 1. The molecule has 0 N–H and O–H groups in total. The summed E-state index contributed by atoms with van der Waals surface area (Å²) in [6.07, 6.45) is 14.1. The molecular weight excluding hydrogens is 310 g/mol.